The van der Waals surface area contributed by atoms with Crippen LogP contribution in [-0.4, -0.2) is 42.8 Å². The van der Waals surface area contributed by atoms with Gasteiger partial charge in [-0.3, -0.25) is 9.59 Å². The van der Waals surface area contributed by atoms with E-state index < -0.39 is 11.2 Å². The number of hydrogen-bond acceptors (Lipinski definition) is 3. The Kier molecular flexibility index (Phi) is 4.54. The summed E-state index contributed by atoms with van der Waals surface area (Å²) < 4.78 is 13.9. The van der Waals surface area contributed by atoms with Crippen LogP contribution in [0.1, 0.15) is 38.1 Å². The van der Waals surface area contributed by atoms with Crippen LogP contribution in [0, 0.1) is 11.2 Å². The van der Waals surface area contributed by atoms with Crippen molar-refractivity contribution in [1.29, 1.82) is 0 Å². The molecule has 0 spiro atoms. The monoisotopic (exact) mass is 306 g/mol. The first-order valence-corrected chi connectivity index (χ1v) is 7.55. The van der Waals surface area contributed by atoms with E-state index in [1.54, 1.807) is 12.1 Å². The Labute approximate surface area is 130 Å². The molecule has 1 aromatic carbocycles. The molecule has 1 aliphatic rings. The zero-order valence-electron chi connectivity index (χ0n) is 13.6. The number of hydrogen-bond donors (Lipinski definition) is 0. The highest BCUT2D eigenvalue weighted by Gasteiger charge is 2.30. The van der Waals surface area contributed by atoms with Crippen molar-refractivity contribution < 1.29 is 14.0 Å². The van der Waals surface area contributed by atoms with E-state index >= 15 is 0 Å². The first kappa shape index (κ1) is 16.5. The summed E-state index contributed by atoms with van der Waals surface area (Å²) in [5, 5.41) is 0. The molecule has 1 heterocycles. The lowest BCUT2D eigenvalue weighted by molar-refractivity contribution is -0.139. The standard InChI is InChI=1S/C17H23FN2O2/c1-12(21)15-13(18)6-5-7-14(15)19-8-10-20(11-9-19)16(22)17(2,3)4/h5-7H,8-11H2,1-4H3. The predicted molar refractivity (Wildman–Crippen MR) is 84.7 cm³/mol. The minimum absolute atomic E-state index is 0.123. The summed E-state index contributed by atoms with van der Waals surface area (Å²) in [7, 11) is 0. The van der Waals surface area contributed by atoms with Gasteiger partial charge in [-0.05, 0) is 19.1 Å². The van der Waals surface area contributed by atoms with Crippen molar-refractivity contribution in [3.63, 3.8) is 0 Å². The summed E-state index contributed by atoms with van der Waals surface area (Å²) in [5.41, 5.74) is 0.361. The molecule has 0 atom stereocenters. The molecule has 22 heavy (non-hydrogen) atoms. The van der Waals surface area contributed by atoms with Crippen molar-refractivity contribution in [2.75, 3.05) is 31.1 Å². The van der Waals surface area contributed by atoms with Gasteiger partial charge in [-0.15, -0.1) is 0 Å². The Morgan fingerprint density at radius 1 is 1.09 bits per heavy atom. The molecular weight excluding hydrogens is 283 g/mol. The van der Waals surface area contributed by atoms with Crippen LogP contribution in [0.25, 0.3) is 0 Å². The average molecular weight is 306 g/mol. The number of benzene rings is 1. The molecule has 1 aromatic rings. The van der Waals surface area contributed by atoms with Gasteiger partial charge in [0.1, 0.15) is 5.82 Å². The number of rotatable bonds is 2. The lowest BCUT2D eigenvalue weighted by Gasteiger charge is -2.39. The van der Waals surface area contributed by atoms with E-state index in [9.17, 15) is 14.0 Å². The first-order valence-electron chi connectivity index (χ1n) is 7.55. The van der Waals surface area contributed by atoms with Crippen molar-refractivity contribution in [3.05, 3.63) is 29.6 Å². The quantitative estimate of drug-likeness (QED) is 0.789. The molecule has 0 N–H and O–H groups in total. The van der Waals surface area contributed by atoms with Crippen LogP contribution in [0.3, 0.4) is 0 Å². The molecule has 1 aliphatic heterocycles. The fourth-order valence-corrected chi connectivity index (χ4v) is 2.75. The molecule has 0 aromatic heterocycles. The molecule has 5 heteroatoms. The van der Waals surface area contributed by atoms with Gasteiger partial charge in [-0.25, -0.2) is 4.39 Å². The van der Waals surface area contributed by atoms with Crippen molar-refractivity contribution in [2.24, 2.45) is 5.41 Å². The molecule has 1 amide bonds. The zero-order chi connectivity index (χ0) is 16.5. The molecule has 0 aliphatic carbocycles. The van der Waals surface area contributed by atoms with Crippen LogP contribution in [0.2, 0.25) is 0 Å². The summed E-state index contributed by atoms with van der Waals surface area (Å²) in [4.78, 5) is 27.8. The van der Waals surface area contributed by atoms with Gasteiger partial charge in [0.05, 0.1) is 11.3 Å². The van der Waals surface area contributed by atoms with Crippen LogP contribution < -0.4 is 4.90 Å². The molecule has 4 nitrogen and oxygen atoms in total. The van der Waals surface area contributed by atoms with Crippen LogP contribution in [0.15, 0.2) is 18.2 Å². The van der Waals surface area contributed by atoms with E-state index in [1.165, 1.54) is 13.0 Å². The third kappa shape index (κ3) is 3.29. The lowest BCUT2D eigenvalue weighted by Crippen LogP contribution is -2.52. The van der Waals surface area contributed by atoms with Crippen LogP contribution >= 0.6 is 0 Å². The van der Waals surface area contributed by atoms with Gasteiger partial charge in [-0.2, -0.15) is 0 Å². The van der Waals surface area contributed by atoms with Crippen LogP contribution in [0.5, 0.6) is 0 Å². The Morgan fingerprint density at radius 3 is 2.18 bits per heavy atom. The third-order valence-corrected chi connectivity index (χ3v) is 3.89. The number of Topliss-reactive ketones (excluding diaryl/α,β-unsaturated/α-hetero) is 1. The van der Waals surface area contributed by atoms with Crippen molar-refractivity contribution in [3.8, 4) is 0 Å². The fraction of sp³-hybridized carbons (Fsp3) is 0.529. The Morgan fingerprint density at radius 2 is 1.68 bits per heavy atom. The van der Waals surface area contributed by atoms with E-state index in [2.05, 4.69) is 0 Å². The maximum atomic E-state index is 13.9. The fourth-order valence-electron chi connectivity index (χ4n) is 2.75. The molecule has 0 radical (unpaired) electrons. The molecule has 2 rings (SSSR count). The minimum atomic E-state index is -0.488. The largest absolute Gasteiger partial charge is 0.367 e. The highest BCUT2D eigenvalue weighted by molar-refractivity contribution is 6.00. The second-order valence-corrected chi connectivity index (χ2v) is 6.72. The molecule has 0 saturated carbocycles. The molecule has 120 valence electrons. The Bertz CT molecular complexity index is 585. The number of carbonyl (C=O) groups excluding carboxylic acids is 2. The number of carbonyl (C=O) groups is 2. The number of amides is 1. The van der Waals surface area contributed by atoms with E-state index in [4.69, 9.17) is 0 Å². The number of nitrogens with zero attached hydrogens (tertiary/aromatic N) is 2. The molecule has 1 saturated heterocycles. The summed E-state index contributed by atoms with van der Waals surface area (Å²) >= 11 is 0. The second kappa shape index (κ2) is 6.07. The van der Waals surface area contributed by atoms with Gasteiger partial charge in [-0.1, -0.05) is 26.8 Å². The molecule has 1 fully saturated rings. The number of piperazine rings is 1. The number of anilines is 1. The van der Waals surface area contributed by atoms with Gasteiger partial charge in [0, 0.05) is 31.6 Å². The molecular formula is C17H23FN2O2. The normalized spacial score (nSPS) is 15.9. The van der Waals surface area contributed by atoms with E-state index in [-0.39, 0.29) is 17.3 Å². The average Bonchev–Trinajstić information content (AvgIpc) is 2.45. The smallest absolute Gasteiger partial charge is 0.228 e. The van der Waals surface area contributed by atoms with Gasteiger partial charge >= 0.3 is 0 Å². The Hall–Kier alpha value is -1.91. The number of halogens is 1. The van der Waals surface area contributed by atoms with Gasteiger partial charge < -0.3 is 9.80 Å². The van der Waals surface area contributed by atoms with Gasteiger partial charge in [0.15, 0.2) is 5.78 Å². The molecule has 0 bridgehead atoms. The highest BCUT2D eigenvalue weighted by atomic mass is 19.1. The second-order valence-electron chi connectivity index (χ2n) is 6.72. The topological polar surface area (TPSA) is 40.6 Å². The van der Waals surface area contributed by atoms with Crippen molar-refractivity contribution in [1.82, 2.24) is 4.90 Å². The maximum Gasteiger partial charge on any atom is 0.228 e. The maximum absolute atomic E-state index is 13.9. The Balaban J connectivity index is 2.15. The van der Waals surface area contributed by atoms with E-state index in [0.717, 1.165) is 0 Å². The van der Waals surface area contributed by atoms with Crippen LogP contribution in [0.4, 0.5) is 10.1 Å². The van der Waals surface area contributed by atoms with Crippen molar-refractivity contribution in [2.45, 2.75) is 27.7 Å². The van der Waals surface area contributed by atoms with Gasteiger partial charge in [0.2, 0.25) is 5.91 Å². The highest BCUT2D eigenvalue weighted by Crippen LogP contribution is 2.26. The summed E-state index contributed by atoms with van der Waals surface area (Å²) in [6.07, 6.45) is 0. The summed E-state index contributed by atoms with van der Waals surface area (Å²) in [5.74, 6) is -0.641. The van der Waals surface area contributed by atoms with E-state index in [0.29, 0.717) is 31.9 Å². The summed E-state index contributed by atoms with van der Waals surface area (Å²) in [6, 6.07) is 4.68. The third-order valence-electron chi connectivity index (χ3n) is 3.89. The van der Waals surface area contributed by atoms with E-state index in [1.807, 2.05) is 30.6 Å². The predicted octanol–water partition coefficient (Wildman–Crippen LogP) is 2.72. The first-order chi connectivity index (χ1) is 10.2. The SMILES string of the molecule is CC(=O)c1c(F)cccc1N1CCN(C(=O)C(C)(C)C)CC1. The zero-order valence-corrected chi connectivity index (χ0v) is 13.6. The lowest BCUT2D eigenvalue weighted by atomic mass is 9.94. The summed E-state index contributed by atoms with van der Waals surface area (Å²) in [6.45, 7) is 9.47. The minimum Gasteiger partial charge on any atom is -0.367 e. The van der Waals surface area contributed by atoms with Gasteiger partial charge in [0.25, 0.3) is 0 Å². The number of ketones is 1. The van der Waals surface area contributed by atoms with Crippen LogP contribution in [-0.2, 0) is 4.79 Å². The van der Waals surface area contributed by atoms with Crippen molar-refractivity contribution >= 4 is 17.4 Å². The molecule has 0 unspecified atom stereocenters.